The van der Waals surface area contributed by atoms with Crippen LogP contribution < -0.4 is 0 Å². The van der Waals surface area contributed by atoms with Crippen LogP contribution in [0.1, 0.15) is 15.9 Å². The molecule has 1 aromatic heterocycles. The molecule has 1 aliphatic heterocycles. The van der Waals surface area contributed by atoms with Crippen molar-refractivity contribution < 1.29 is 9.18 Å². The number of hydrogen-bond acceptors (Lipinski definition) is 2. The number of amides is 1. The molecule has 1 fully saturated rings. The molecule has 4 rings (SSSR count). The first-order chi connectivity index (χ1) is 13.2. The van der Waals surface area contributed by atoms with Gasteiger partial charge in [-0.15, -0.1) is 0 Å². The number of carbonyl (C=O) groups is 1. The van der Waals surface area contributed by atoms with Gasteiger partial charge in [0.2, 0.25) is 0 Å². The standard InChI is InChI=1S/C22H22FN3O/c23-18-8-9-21-19(15-18)20(16-24-21)22(27)26-13-11-25(12-14-26)10-4-7-17-5-2-1-3-6-17/h1-9,15-16,24H,10-14H2/b7-4+. The lowest BCUT2D eigenvalue weighted by molar-refractivity contribution is 0.0652. The quantitative estimate of drug-likeness (QED) is 0.766. The van der Waals surface area contributed by atoms with Gasteiger partial charge in [-0.2, -0.15) is 0 Å². The summed E-state index contributed by atoms with van der Waals surface area (Å²) < 4.78 is 13.5. The normalized spacial score (nSPS) is 15.7. The summed E-state index contributed by atoms with van der Waals surface area (Å²) >= 11 is 0. The lowest BCUT2D eigenvalue weighted by Gasteiger charge is -2.34. The number of aromatic amines is 1. The Kier molecular flexibility index (Phi) is 5.03. The summed E-state index contributed by atoms with van der Waals surface area (Å²) in [5, 5.41) is 0.647. The molecule has 2 aromatic carbocycles. The van der Waals surface area contributed by atoms with Crippen LogP contribution in [0.4, 0.5) is 4.39 Å². The van der Waals surface area contributed by atoms with E-state index in [0.717, 1.165) is 25.2 Å². The fourth-order valence-electron chi connectivity index (χ4n) is 3.48. The number of nitrogens with zero attached hydrogens (tertiary/aromatic N) is 2. The third kappa shape index (κ3) is 3.93. The van der Waals surface area contributed by atoms with Gasteiger partial charge in [0.25, 0.3) is 5.91 Å². The molecule has 0 unspecified atom stereocenters. The van der Waals surface area contributed by atoms with Crippen molar-refractivity contribution in [2.45, 2.75) is 0 Å². The van der Waals surface area contributed by atoms with Gasteiger partial charge in [-0.3, -0.25) is 9.69 Å². The van der Waals surface area contributed by atoms with Gasteiger partial charge >= 0.3 is 0 Å². The Labute approximate surface area is 157 Å². The van der Waals surface area contributed by atoms with Crippen molar-refractivity contribution in [1.82, 2.24) is 14.8 Å². The summed E-state index contributed by atoms with van der Waals surface area (Å²) in [6.07, 6.45) is 5.97. The van der Waals surface area contributed by atoms with E-state index < -0.39 is 0 Å². The summed E-state index contributed by atoms with van der Waals surface area (Å²) in [5.41, 5.74) is 2.52. The molecule has 5 heteroatoms. The number of carbonyl (C=O) groups excluding carboxylic acids is 1. The molecule has 0 atom stereocenters. The van der Waals surface area contributed by atoms with Crippen LogP contribution in [-0.2, 0) is 0 Å². The Morgan fingerprint density at radius 2 is 1.85 bits per heavy atom. The first-order valence-electron chi connectivity index (χ1n) is 9.20. The van der Waals surface area contributed by atoms with Crippen molar-refractivity contribution in [1.29, 1.82) is 0 Å². The van der Waals surface area contributed by atoms with Gasteiger partial charge < -0.3 is 9.88 Å². The highest BCUT2D eigenvalue weighted by Gasteiger charge is 2.23. The van der Waals surface area contributed by atoms with Gasteiger partial charge in [0.15, 0.2) is 0 Å². The Balaban J connectivity index is 1.35. The first-order valence-corrected chi connectivity index (χ1v) is 9.20. The van der Waals surface area contributed by atoms with E-state index in [1.54, 1.807) is 12.3 Å². The smallest absolute Gasteiger partial charge is 0.256 e. The Morgan fingerprint density at radius 1 is 1.07 bits per heavy atom. The van der Waals surface area contributed by atoms with Crippen LogP contribution in [0, 0.1) is 5.82 Å². The van der Waals surface area contributed by atoms with Crippen molar-refractivity contribution in [2.24, 2.45) is 0 Å². The highest BCUT2D eigenvalue weighted by Crippen LogP contribution is 2.21. The Morgan fingerprint density at radius 3 is 2.63 bits per heavy atom. The summed E-state index contributed by atoms with van der Waals surface area (Å²) in [4.78, 5) is 20.1. The summed E-state index contributed by atoms with van der Waals surface area (Å²) in [6, 6.07) is 14.7. The monoisotopic (exact) mass is 363 g/mol. The highest BCUT2D eigenvalue weighted by molar-refractivity contribution is 6.06. The van der Waals surface area contributed by atoms with Gasteiger partial charge in [0.1, 0.15) is 5.82 Å². The number of piperazine rings is 1. The van der Waals surface area contributed by atoms with Gasteiger partial charge in [-0.05, 0) is 23.8 Å². The maximum absolute atomic E-state index is 13.5. The third-order valence-corrected chi connectivity index (χ3v) is 5.01. The second kappa shape index (κ2) is 7.76. The average molecular weight is 363 g/mol. The van der Waals surface area contributed by atoms with Gasteiger partial charge in [-0.1, -0.05) is 42.5 Å². The van der Waals surface area contributed by atoms with Crippen LogP contribution in [-0.4, -0.2) is 53.4 Å². The third-order valence-electron chi connectivity index (χ3n) is 5.01. The van der Waals surface area contributed by atoms with Gasteiger partial charge in [0, 0.05) is 49.8 Å². The number of fused-ring (bicyclic) bond motifs is 1. The van der Waals surface area contributed by atoms with Crippen molar-refractivity contribution >= 4 is 22.9 Å². The van der Waals surface area contributed by atoms with E-state index in [9.17, 15) is 9.18 Å². The van der Waals surface area contributed by atoms with E-state index >= 15 is 0 Å². The zero-order valence-electron chi connectivity index (χ0n) is 15.1. The number of nitrogens with one attached hydrogen (secondary N) is 1. The molecule has 4 nitrogen and oxygen atoms in total. The van der Waals surface area contributed by atoms with Crippen LogP contribution in [0.15, 0.2) is 60.8 Å². The molecule has 0 saturated carbocycles. The van der Waals surface area contributed by atoms with Crippen LogP contribution in [0.5, 0.6) is 0 Å². The van der Waals surface area contributed by atoms with Crippen molar-refractivity contribution in [3.63, 3.8) is 0 Å². The molecular formula is C22H22FN3O. The molecule has 1 amide bonds. The lowest BCUT2D eigenvalue weighted by atomic mass is 10.1. The second-order valence-electron chi connectivity index (χ2n) is 6.80. The lowest BCUT2D eigenvalue weighted by Crippen LogP contribution is -2.48. The number of halogens is 1. The highest BCUT2D eigenvalue weighted by atomic mass is 19.1. The van der Waals surface area contributed by atoms with E-state index in [2.05, 4.69) is 34.2 Å². The molecule has 3 aromatic rings. The minimum Gasteiger partial charge on any atom is -0.360 e. The van der Waals surface area contributed by atoms with Gasteiger partial charge in [0.05, 0.1) is 5.56 Å². The van der Waals surface area contributed by atoms with E-state index in [-0.39, 0.29) is 11.7 Å². The van der Waals surface area contributed by atoms with Gasteiger partial charge in [-0.25, -0.2) is 4.39 Å². The van der Waals surface area contributed by atoms with E-state index in [4.69, 9.17) is 0 Å². The van der Waals surface area contributed by atoms with E-state index in [1.165, 1.54) is 17.7 Å². The topological polar surface area (TPSA) is 39.3 Å². The molecule has 0 bridgehead atoms. The molecular weight excluding hydrogens is 341 g/mol. The first kappa shape index (κ1) is 17.5. The van der Waals surface area contributed by atoms with E-state index in [0.29, 0.717) is 24.0 Å². The minimum atomic E-state index is -0.328. The summed E-state index contributed by atoms with van der Waals surface area (Å²) in [5.74, 6) is -0.363. The maximum Gasteiger partial charge on any atom is 0.256 e. The Bertz CT molecular complexity index is 956. The summed E-state index contributed by atoms with van der Waals surface area (Å²) in [7, 11) is 0. The largest absolute Gasteiger partial charge is 0.360 e. The zero-order valence-corrected chi connectivity index (χ0v) is 15.1. The Hall–Kier alpha value is -2.92. The molecule has 1 aliphatic rings. The van der Waals surface area contributed by atoms with Crippen LogP contribution in [0.3, 0.4) is 0 Å². The molecule has 2 heterocycles. The number of H-pyrrole nitrogens is 1. The second-order valence-corrected chi connectivity index (χ2v) is 6.80. The number of benzene rings is 2. The predicted octanol–water partition coefficient (Wildman–Crippen LogP) is 3.78. The van der Waals surface area contributed by atoms with Crippen LogP contribution in [0.25, 0.3) is 17.0 Å². The van der Waals surface area contributed by atoms with Crippen LogP contribution >= 0.6 is 0 Å². The fraction of sp³-hybridized carbons (Fsp3) is 0.227. The molecule has 0 spiro atoms. The fourth-order valence-corrected chi connectivity index (χ4v) is 3.48. The van der Waals surface area contributed by atoms with E-state index in [1.807, 2.05) is 23.1 Å². The summed E-state index contributed by atoms with van der Waals surface area (Å²) in [6.45, 7) is 3.90. The molecule has 138 valence electrons. The molecule has 27 heavy (non-hydrogen) atoms. The number of rotatable bonds is 4. The molecule has 1 N–H and O–H groups in total. The number of aromatic nitrogens is 1. The van der Waals surface area contributed by atoms with Crippen LogP contribution in [0.2, 0.25) is 0 Å². The minimum absolute atomic E-state index is 0.0358. The number of hydrogen-bond donors (Lipinski definition) is 1. The molecule has 1 saturated heterocycles. The van der Waals surface area contributed by atoms with Crippen molar-refractivity contribution in [3.05, 3.63) is 77.7 Å². The van der Waals surface area contributed by atoms with Crippen molar-refractivity contribution in [2.75, 3.05) is 32.7 Å². The predicted molar refractivity (Wildman–Crippen MR) is 106 cm³/mol. The molecule has 0 aliphatic carbocycles. The van der Waals surface area contributed by atoms with Crippen molar-refractivity contribution in [3.8, 4) is 0 Å². The molecule has 0 radical (unpaired) electrons. The zero-order chi connectivity index (χ0) is 18.6. The average Bonchev–Trinajstić information content (AvgIpc) is 3.12. The maximum atomic E-state index is 13.5. The SMILES string of the molecule is O=C(c1c[nH]c2ccc(F)cc12)N1CCN(C/C=C/c2ccccc2)CC1.